The summed E-state index contributed by atoms with van der Waals surface area (Å²) in [5, 5.41) is 5.95. The molecule has 1 saturated heterocycles. The zero-order valence-electron chi connectivity index (χ0n) is 12.9. The number of nitrogens with zero attached hydrogens (tertiary/aromatic N) is 1. The Balaban J connectivity index is 1.84. The topological polar surface area (TPSA) is 70.7 Å². The molecule has 1 aromatic carbocycles. The average molecular weight is 305 g/mol. The first-order valence-electron chi connectivity index (χ1n) is 7.68. The van der Waals surface area contributed by atoms with Gasteiger partial charge in [0.15, 0.2) is 0 Å². The first-order chi connectivity index (χ1) is 10.7. The molecule has 0 bridgehead atoms. The van der Waals surface area contributed by atoms with Crippen LogP contribution in [0.15, 0.2) is 24.3 Å². The summed E-state index contributed by atoms with van der Waals surface area (Å²) in [6.45, 7) is 4.71. The molecule has 0 unspecified atom stereocenters. The van der Waals surface area contributed by atoms with Crippen molar-refractivity contribution in [1.82, 2.24) is 4.90 Å². The summed E-state index contributed by atoms with van der Waals surface area (Å²) in [6, 6.07) is 7.40. The molecule has 6 nitrogen and oxygen atoms in total. The molecule has 1 aromatic rings. The van der Waals surface area contributed by atoms with E-state index < -0.39 is 0 Å². The minimum atomic E-state index is 0.00374. The molecular formula is C16H23N3O3. The highest BCUT2D eigenvalue weighted by Crippen LogP contribution is 2.15. The van der Waals surface area contributed by atoms with Gasteiger partial charge in [-0.1, -0.05) is 13.0 Å². The van der Waals surface area contributed by atoms with Crippen molar-refractivity contribution < 1.29 is 14.3 Å². The number of hydrogen-bond acceptors (Lipinski definition) is 4. The molecule has 2 amide bonds. The number of hydrogen-bond donors (Lipinski definition) is 2. The van der Waals surface area contributed by atoms with E-state index in [1.807, 2.05) is 31.2 Å². The second kappa shape index (κ2) is 8.38. The number of benzene rings is 1. The van der Waals surface area contributed by atoms with E-state index in [0.29, 0.717) is 32.7 Å². The smallest absolute Gasteiger partial charge is 0.242 e. The number of anilines is 2. The molecule has 22 heavy (non-hydrogen) atoms. The van der Waals surface area contributed by atoms with Crippen molar-refractivity contribution in [2.24, 2.45) is 0 Å². The lowest BCUT2D eigenvalue weighted by Crippen LogP contribution is -2.43. The predicted molar refractivity (Wildman–Crippen MR) is 85.9 cm³/mol. The largest absolute Gasteiger partial charge is 0.378 e. The van der Waals surface area contributed by atoms with Crippen molar-refractivity contribution in [1.29, 1.82) is 0 Å². The van der Waals surface area contributed by atoms with Crippen LogP contribution in [0.5, 0.6) is 0 Å². The van der Waals surface area contributed by atoms with E-state index in [1.165, 1.54) is 0 Å². The number of ether oxygens (including phenoxy) is 1. The molecule has 0 saturated carbocycles. The quantitative estimate of drug-likeness (QED) is 0.839. The fraction of sp³-hybridized carbons (Fsp3) is 0.500. The van der Waals surface area contributed by atoms with Crippen LogP contribution in [0.1, 0.15) is 19.8 Å². The van der Waals surface area contributed by atoms with Gasteiger partial charge < -0.3 is 20.3 Å². The second-order valence-electron chi connectivity index (χ2n) is 5.23. The van der Waals surface area contributed by atoms with E-state index in [0.717, 1.165) is 17.8 Å². The summed E-state index contributed by atoms with van der Waals surface area (Å²) >= 11 is 0. The third-order valence-electron chi connectivity index (χ3n) is 3.43. The fourth-order valence-corrected chi connectivity index (χ4v) is 2.26. The number of rotatable bonds is 6. The van der Waals surface area contributed by atoms with E-state index in [9.17, 15) is 9.59 Å². The highest BCUT2D eigenvalue weighted by molar-refractivity contribution is 5.91. The number of carbonyl (C=O) groups is 2. The van der Waals surface area contributed by atoms with Gasteiger partial charge in [0.05, 0.1) is 19.8 Å². The molecule has 0 atom stereocenters. The molecular weight excluding hydrogens is 282 g/mol. The summed E-state index contributed by atoms with van der Waals surface area (Å²) in [5.74, 6) is 0.0627. The third kappa shape index (κ3) is 5.04. The highest BCUT2D eigenvalue weighted by Gasteiger charge is 2.16. The Morgan fingerprint density at radius 2 is 1.95 bits per heavy atom. The lowest BCUT2D eigenvalue weighted by Gasteiger charge is -2.27. The van der Waals surface area contributed by atoms with Crippen molar-refractivity contribution in [2.75, 3.05) is 43.5 Å². The Labute approximate surface area is 130 Å². The molecule has 1 aliphatic rings. The van der Waals surface area contributed by atoms with E-state index in [-0.39, 0.29) is 18.4 Å². The molecule has 0 spiro atoms. The Hall–Kier alpha value is -2.08. The van der Waals surface area contributed by atoms with Gasteiger partial charge in [-0.3, -0.25) is 9.59 Å². The van der Waals surface area contributed by atoms with Crippen LogP contribution in [-0.4, -0.2) is 49.6 Å². The summed E-state index contributed by atoms with van der Waals surface area (Å²) in [7, 11) is 0. The minimum absolute atomic E-state index is 0.00374. The van der Waals surface area contributed by atoms with Gasteiger partial charge in [0.2, 0.25) is 11.8 Å². The van der Waals surface area contributed by atoms with Crippen LogP contribution in [0, 0.1) is 0 Å². The Kier molecular flexibility index (Phi) is 6.21. The van der Waals surface area contributed by atoms with Crippen molar-refractivity contribution in [3.05, 3.63) is 24.3 Å². The Morgan fingerprint density at radius 3 is 2.68 bits per heavy atom. The van der Waals surface area contributed by atoms with Crippen LogP contribution in [0.4, 0.5) is 11.4 Å². The highest BCUT2D eigenvalue weighted by atomic mass is 16.5. The molecule has 1 fully saturated rings. The van der Waals surface area contributed by atoms with Crippen molar-refractivity contribution in [3.63, 3.8) is 0 Å². The van der Waals surface area contributed by atoms with Crippen molar-refractivity contribution >= 4 is 23.2 Å². The number of carbonyl (C=O) groups excluding carboxylic acids is 2. The molecule has 2 rings (SSSR count). The summed E-state index contributed by atoms with van der Waals surface area (Å²) in [6.07, 6.45) is 1.32. The van der Waals surface area contributed by atoms with Crippen LogP contribution >= 0.6 is 0 Å². The number of morpholine rings is 1. The minimum Gasteiger partial charge on any atom is -0.378 e. The van der Waals surface area contributed by atoms with E-state index >= 15 is 0 Å². The first-order valence-corrected chi connectivity index (χ1v) is 7.68. The maximum absolute atomic E-state index is 12.1. The van der Waals surface area contributed by atoms with Gasteiger partial charge >= 0.3 is 0 Å². The second-order valence-corrected chi connectivity index (χ2v) is 5.23. The standard InChI is InChI=1S/C16H23N3O3/c1-2-4-15(20)18-14-6-3-5-13(11-14)17-12-16(21)19-7-9-22-10-8-19/h3,5-6,11,17H,2,4,7-10,12H2,1H3,(H,18,20). The third-order valence-corrected chi connectivity index (χ3v) is 3.43. The normalized spacial score (nSPS) is 14.5. The maximum Gasteiger partial charge on any atom is 0.242 e. The fourth-order valence-electron chi connectivity index (χ4n) is 2.26. The molecule has 120 valence electrons. The van der Waals surface area contributed by atoms with Crippen molar-refractivity contribution in [2.45, 2.75) is 19.8 Å². The van der Waals surface area contributed by atoms with Gasteiger partial charge in [-0.15, -0.1) is 0 Å². The lowest BCUT2D eigenvalue weighted by atomic mass is 10.2. The predicted octanol–water partition coefficient (Wildman–Crippen LogP) is 1.70. The zero-order valence-corrected chi connectivity index (χ0v) is 12.9. The number of amides is 2. The molecule has 1 aliphatic heterocycles. The van der Waals surface area contributed by atoms with Crippen LogP contribution < -0.4 is 10.6 Å². The monoisotopic (exact) mass is 305 g/mol. The van der Waals surface area contributed by atoms with Gasteiger partial charge in [-0.25, -0.2) is 0 Å². The van der Waals surface area contributed by atoms with Gasteiger partial charge in [0, 0.05) is 30.9 Å². The zero-order chi connectivity index (χ0) is 15.8. The van der Waals surface area contributed by atoms with Crippen LogP contribution in [0.2, 0.25) is 0 Å². The van der Waals surface area contributed by atoms with Gasteiger partial charge in [0.25, 0.3) is 0 Å². The van der Waals surface area contributed by atoms with Crippen molar-refractivity contribution in [3.8, 4) is 0 Å². The van der Waals surface area contributed by atoms with Gasteiger partial charge in [0.1, 0.15) is 0 Å². The SMILES string of the molecule is CCCC(=O)Nc1cccc(NCC(=O)N2CCOCC2)c1. The first kappa shape index (κ1) is 16.3. The van der Waals surface area contributed by atoms with Crippen LogP contribution in [0.25, 0.3) is 0 Å². The summed E-state index contributed by atoms with van der Waals surface area (Å²) in [5.41, 5.74) is 1.55. The lowest BCUT2D eigenvalue weighted by molar-refractivity contribution is -0.133. The molecule has 6 heteroatoms. The Bertz CT molecular complexity index is 513. The maximum atomic E-state index is 12.1. The molecule has 2 N–H and O–H groups in total. The molecule has 0 aromatic heterocycles. The summed E-state index contributed by atoms with van der Waals surface area (Å²) < 4.78 is 5.23. The number of nitrogens with one attached hydrogen (secondary N) is 2. The average Bonchev–Trinajstić information content (AvgIpc) is 2.54. The van der Waals surface area contributed by atoms with E-state index in [4.69, 9.17) is 4.74 Å². The van der Waals surface area contributed by atoms with Crippen LogP contribution in [-0.2, 0) is 14.3 Å². The Morgan fingerprint density at radius 1 is 1.23 bits per heavy atom. The van der Waals surface area contributed by atoms with Crippen LogP contribution in [0.3, 0.4) is 0 Å². The molecule has 0 radical (unpaired) electrons. The summed E-state index contributed by atoms with van der Waals surface area (Å²) in [4.78, 5) is 25.4. The van der Waals surface area contributed by atoms with Gasteiger partial charge in [-0.2, -0.15) is 0 Å². The molecule has 1 heterocycles. The molecule has 0 aliphatic carbocycles. The van der Waals surface area contributed by atoms with Gasteiger partial charge in [-0.05, 0) is 24.6 Å². The van der Waals surface area contributed by atoms with E-state index in [1.54, 1.807) is 4.90 Å². The van der Waals surface area contributed by atoms with E-state index in [2.05, 4.69) is 10.6 Å².